The average molecular weight is 398 g/mol. The Balaban J connectivity index is 1.24. The number of carbonyl (C=O) groups is 2. The van der Waals surface area contributed by atoms with Crippen molar-refractivity contribution >= 4 is 12.0 Å². The van der Waals surface area contributed by atoms with E-state index in [0.29, 0.717) is 36.8 Å². The number of alkyl carbamates (subject to hydrolysis) is 1. The molecule has 2 amide bonds. The smallest absolute Gasteiger partial charge is 0.407 e. The third-order valence-corrected chi connectivity index (χ3v) is 9.22. The Labute approximate surface area is 170 Å². The first-order valence-corrected chi connectivity index (χ1v) is 10.9. The zero-order valence-electron chi connectivity index (χ0n) is 16.7. The summed E-state index contributed by atoms with van der Waals surface area (Å²) in [6.07, 6.45) is 5.24. The van der Waals surface area contributed by atoms with Gasteiger partial charge in [-0.2, -0.15) is 0 Å². The summed E-state index contributed by atoms with van der Waals surface area (Å²) in [5.41, 5.74) is 1.50. The predicted octanol–water partition coefficient (Wildman–Crippen LogP) is 3.09. The molecule has 1 spiro atoms. The highest BCUT2D eigenvalue weighted by Crippen LogP contribution is 2.87. The number of halogens is 1. The van der Waals surface area contributed by atoms with Crippen LogP contribution < -0.4 is 5.32 Å². The maximum absolute atomic E-state index is 13.6. The van der Waals surface area contributed by atoms with Gasteiger partial charge in [-0.1, -0.05) is 12.1 Å². The molecular weight excluding hydrogens is 371 g/mol. The number of hydrogen-bond donors (Lipinski definition) is 1. The predicted molar refractivity (Wildman–Crippen MR) is 103 cm³/mol. The number of rotatable bonds is 4. The monoisotopic (exact) mass is 398 g/mol. The Morgan fingerprint density at radius 2 is 1.90 bits per heavy atom. The molecule has 1 aromatic rings. The first-order valence-electron chi connectivity index (χ1n) is 10.9. The molecule has 1 saturated heterocycles. The van der Waals surface area contributed by atoms with Gasteiger partial charge in [-0.15, -0.1) is 0 Å². The quantitative estimate of drug-likeness (QED) is 0.848. The summed E-state index contributed by atoms with van der Waals surface area (Å²) >= 11 is 0. The van der Waals surface area contributed by atoms with Crippen LogP contribution in [0.3, 0.4) is 0 Å². The Kier molecular flexibility index (Phi) is 3.50. The number of hydrogen-bond acceptors (Lipinski definition) is 3. The van der Waals surface area contributed by atoms with E-state index in [2.05, 4.69) is 10.1 Å². The summed E-state index contributed by atoms with van der Waals surface area (Å²) in [5, 5.41) is 2.76. The Morgan fingerprint density at radius 1 is 1.17 bits per heavy atom. The molecule has 1 aliphatic heterocycles. The standard InChI is InChI=1S/C23H27FN2O3/c1-29-21(28)25-17-11-26(12-17)20(27)10-23(14-2-4-16(24)5-3-14)18-7-13-6-15-8-19(23)22(15,18)9-13/h2-5,13,15,17-19H,6-12H2,1H3,(H,25,28). The van der Waals surface area contributed by atoms with Crippen molar-refractivity contribution in [2.24, 2.45) is 29.1 Å². The molecule has 5 fully saturated rings. The lowest BCUT2D eigenvalue weighted by molar-refractivity contribution is -0.251. The second-order valence-electron chi connectivity index (χ2n) is 10.0. The number of likely N-dealkylation sites (tertiary alicyclic amines) is 1. The number of carbonyl (C=O) groups excluding carboxylic acids is 2. The van der Waals surface area contributed by atoms with Crippen molar-refractivity contribution in [3.8, 4) is 0 Å². The highest BCUT2D eigenvalue weighted by molar-refractivity contribution is 5.80. The van der Waals surface area contributed by atoms with E-state index in [0.717, 1.165) is 17.4 Å². The third kappa shape index (κ3) is 2.10. The van der Waals surface area contributed by atoms with Gasteiger partial charge in [-0.3, -0.25) is 4.79 Å². The molecule has 6 rings (SSSR count). The molecule has 1 N–H and O–H groups in total. The fourth-order valence-corrected chi connectivity index (χ4v) is 8.26. The van der Waals surface area contributed by atoms with E-state index >= 15 is 0 Å². The zero-order valence-corrected chi connectivity index (χ0v) is 16.7. The van der Waals surface area contributed by atoms with Crippen molar-refractivity contribution in [1.82, 2.24) is 10.2 Å². The van der Waals surface area contributed by atoms with Crippen LogP contribution in [0.5, 0.6) is 0 Å². The van der Waals surface area contributed by atoms with Crippen molar-refractivity contribution in [2.45, 2.75) is 43.6 Å². The molecular formula is C23H27FN2O3. The fraction of sp³-hybridized carbons (Fsp3) is 0.652. The highest BCUT2D eigenvalue weighted by atomic mass is 19.1. The van der Waals surface area contributed by atoms with Crippen LogP contribution in [-0.2, 0) is 14.9 Å². The van der Waals surface area contributed by atoms with Gasteiger partial charge < -0.3 is 15.0 Å². The molecule has 29 heavy (non-hydrogen) atoms. The number of nitrogens with zero attached hydrogens (tertiary/aromatic N) is 1. The average Bonchev–Trinajstić information content (AvgIpc) is 3.19. The molecule has 0 aromatic heterocycles. The van der Waals surface area contributed by atoms with Crippen molar-refractivity contribution < 1.29 is 18.7 Å². The van der Waals surface area contributed by atoms with Gasteiger partial charge in [0.15, 0.2) is 0 Å². The summed E-state index contributed by atoms with van der Waals surface area (Å²) in [5.74, 6) is 2.76. The van der Waals surface area contributed by atoms with Crippen LogP contribution in [0.4, 0.5) is 9.18 Å². The molecule has 6 heteroatoms. The normalized spacial score (nSPS) is 41.1. The molecule has 6 atom stereocenters. The first-order chi connectivity index (χ1) is 14.0. The van der Waals surface area contributed by atoms with Crippen molar-refractivity contribution in [2.75, 3.05) is 20.2 Å². The molecule has 1 heterocycles. The van der Waals surface area contributed by atoms with Crippen LogP contribution in [0.15, 0.2) is 24.3 Å². The fourth-order valence-electron chi connectivity index (χ4n) is 8.26. The van der Waals surface area contributed by atoms with Gasteiger partial charge in [-0.25, -0.2) is 9.18 Å². The molecule has 1 aromatic carbocycles. The number of amides is 2. The number of benzene rings is 1. The van der Waals surface area contributed by atoms with Gasteiger partial charge in [0.05, 0.1) is 13.2 Å². The lowest BCUT2D eigenvalue weighted by Crippen LogP contribution is -2.75. The molecule has 5 nitrogen and oxygen atoms in total. The van der Waals surface area contributed by atoms with E-state index in [1.165, 1.54) is 32.8 Å². The number of nitrogens with one attached hydrogen (secondary N) is 1. The van der Waals surface area contributed by atoms with E-state index in [-0.39, 0.29) is 23.2 Å². The third-order valence-electron chi connectivity index (χ3n) is 9.22. The largest absolute Gasteiger partial charge is 0.453 e. The summed E-state index contributed by atoms with van der Waals surface area (Å²) in [4.78, 5) is 26.5. The molecule has 5 aliphatic rings. The highest BCUT2D eigenvalue weighted by Gasteiger charge is 2.83. The SMILES string of the molecule is COC(=O)NC1CN(C(=O)CC2(c3ccc(F)cc3)C3CC4CC5CC2C53C4)C1. The first kappa shape index (κ1) is 17.7. The maximum Gasteiger partial charge on any atom is 0.407 e. The molecule has 0 radical (unpaired) electrons. The molecule has 154 valence electrons. The van der Waals surface area contributed by atoms with Crippen LogP contribution in [0.1, 0.15) is 37.7 Å². The second kappa shape index (κ2) is 5.73. The summed E-state index contributed by atoms with van der Waals surface area (Å²) in [6.45, 7) is 1.08. The Bertz CT molecular complexity index is 883. The Hall–Kier alpha value is -2.11. The van der Waals surface area contributed by atoms with Crippen LogP contribution in [0, 0.1) is 34.9 Å². The minimum atomic E-state index is -0.451. The van der Waals surface area contributed by atoms with Gasteiger partial charge in [0.2, 0.25) is 5.91 Å². The van der Waals surface area contributed by atoms with Gasteiger partial charge in [0.1, 0.15) is 5.82 Å². The lowest BCUT2D eigenvalue weighted by atomic mass is 9.26. The summed E-state index contributed by atoms with van der Waals surface area (Å²) < 4.78 is 18.3. The van der Waals surface area contributed by atoms with Gasteiger partial charge in [0, 0.05) is 24.9 Å². The minimum absolute atomic E-state index is 0.0310. The van der Waals surface area contributed by atoms with Gasteiger partial charge in [0.25, 0.3) is 0 Å². The van der Waals surface area contributed by atoms with Gasteiger partial charge >= 0.3 is 6.09 Å². The second-order valence-corrected chi connectivity index (χ2v) is 10.0. The van der Waals surface area contributed by atoms with E-state index in [1.54, 1.807) is 12.1 Å². The number of ether oxygens (including phenoxy) is 1. The minimum Gasteiger partial charge on any atom is -0.453 e. The molecule has 6 unspecified atom stereocenters. The summed E-state index contributed by atoms with van der Waals surface area (Å²) in [7, 11) is 1.34. The molecule has 4 saturated carbocycles. The maximum atomic E-state index is 13.6. The Morgan fingerprint density at radius 3 is 2.59 bits per heavy atom. The van der Waals surface area contributed by atoms with Crippen LogP contribution in [-0.4, -0.2) is 43.1 Å². The number of methoxy groups -OCH3 is 1. The van der Waals surface area contributed by atoms with E-state index in [4.69, 9.17) is 0 Å². The van der Waals surface area contributed by atoms with Crippen molar-refractivity contribution in [3.05, 3.63) is 35.6 Å². The molecule has 2 bridgehead atoms. The van der Waals surface area contributed by atoms with Crippen LogP contribution in [0.2, 0.25) is 0 Å². The van der Waals surface area contributed by atoms with Crippen LogP contribution in [0.25, 0.3) is 0 Å². The summed E-state index contributed by atoms with van der Waals surface area (Å²) in [6, 6.07) is 6.92. The van der Waals surface area contributed by atoms with E-state index in [9.17, 15) is 14.0 Å². The van der Waals surface area contributed by atoms with E-state index in [1.807, 2.05) is 17.0 Å². The van der Waals surface area contributed by atoms with Crippen LogP contribution >= 0.6 is 0 Å². The zero-order chi connectivity index (χ0) is 20.0. The van der Waals surface area contributed by atoms with Crippen molar-refractivity contribution in [3.63, 3.8) is 0 Å². The van der Waals surface area contributed by atoms with Crippen molar-refractivity contribution in [1.29, 1.82) is 0 Å². The van der Waals surface area contributed by atoms with Gasteiger partial charge in [-0.05, 0) is 72.5 Å². The molecule has 4 aliphatic carbocycles. The van der Waals surface area contributed by atoms with E-state index < -0.39 is 6.09 Å². The number of fused-ring (bicyclic) bond motifs is 1. The lowest BCUT2D eigenvalue weighted by Gasteiger charge is -2.77. The topological polar surface area (TPSA) is 58.6 Å².